The molecule has 170 valence electrons. The van der Waals surface area contributed by atoms with Crippen LogP contribution in [0.25, 0.3) is 0 Å². The number of rotatable bonds is 5. The number of carbonyl (C=O) groups is 1. The molecule has 0 saturated carbocycles. The van der Waals surface area contributed by atoms with E-state index in [-0.39, 0.29) is 5.91 Å². The molecule has 1 amide bonds. The molecule has 10 heteroatoms. The summed E-state index contributed by atoms with van der Waals surface area (Å²) in [6.45, 7) is 4.59. The van der Waals surface area contributed by atoms with Crippen LogP contribution in [0.1, 0.15) is 12.8 Å². The molecule has 0 bridgehead atoms. The zero-order chi connectivity index (χ0) is 22.2. The van der Waals surface area contributed by atoms with Gasteiger partial charge in [0.25, 0.3) is 0 Å². The summed E-state index contributed by atoms with van der Waals surface area (Å²) in [6, 6.07) is 7.50. The van der Waals surface area contributed by atoms with E-state index >= 15 is 0 Å². The lowest BCUT2D eigenvalue weighted by atomic mass is 10.2. The van der Waals surface area contributed by atoms with Gasteiger partial charge in [-0.1, -0.05) is 0 Å². The molecule has 2 aromatic rings. The lowest BCUT2D eigenvalue weighted by Gasteiger charge is -2.34. The predicted octanol–water partition coefficient (Wildman–Crippen LogP) is 1.36. The number of hydrogen-bond donors (Lipinski definition) is 2. The van der Waals surface area contributed by atoms with Crippen molar-refractivity contribution >= 4 is 23.5 Å². The lowest BCUT2D eigenvalue weighted by molar-refractivity contribution is -0.131. The summed E-state index contributed by atoms with van der Waals surface area (Å²) in [6.07, 6.45) is 4.73. The Morgan fingerprint density at radius 3 is 2.59 bits per heavy atom. The average Bonchev–Trinajstić information content (AvgIpc) is 3.09. The van der Waals surface area contributed by atoms with Gasteiger partial charge in [0.15, 0.2) is 17.5 Å². The number of ether oxygens (including phenoxy) is 2. The molecule has 0 unspecified atom stereocenters. The van der Waals surface area contributed by atoms with Crippen LogP contribution in [-0.2, 0) is 4.79 Å². The number of carbonyl (C=O) groups excluding carboxylic acids is 1. The number of fused-ring (bicyclic) bond motifs is 1. The van der Waals surface area contributed by atoms with Crippen molar-refractivity contribution in [1.29, 1.82) is 0 Å². The van der Waals surface area contributed by atoms with E-state index in [4.69, 9.17) is 9.47 Å². The topological polar surface area (TPSA) is 104 Å². The zero-order valence-electron chi connectivity index (χ0n) is 18.3. The maximum atomic E-state index is 12.6. The molecule has 1 aromatic carbocycles. The van der Waals surface area contributed by atoms with Crippen LogP contribution in [0.15, 0.2) is 41.7 Å². The molecule has 1 aromatic heterocycles. The van der Waals surface area contributed by atoms with E-state index < -0.39 is 0 Å². The van der Waals surface area contributed by atoms with Gasteiger partial charge in [-0.15, -0.1) is 0 Å². The van der Waals surface area contributed by atoms with Crippen LogP contribution in [0.3, 0.4) is 0 Å². The van der Waals surface area contributed by atoms with Gasteiger partial charge in [-0.25, -0.2) is 9.97 Å². The Morgan fingerprint density at radius 1 is 1.09 bits per heavy atom. The van der Waals surface area contributed by atoms with Gasteiger partial charge in [0.1, 0.15) is 0 Å². The van der Waals surface area contributed by atoms with Crippen LogP contribution in [-0.4, -0.2) is 79.7 Å². The molecule has 0 atom stereocenters. The van der Waals surface area contributed by atoms with Gasteiger partial charge >= 0.3 is 0 Å². The number of nitrogens with zero attached hydrogens (tertiary/aromatic N) is 5. The fourth-order valence-electron chi connectivity index (χ4n) is 3.61. The number of aliphatic imine (C=N–C) groups is 1. The SMILES string of the molecule is CN=C(NCCC(=O)N1CCN(c2ncccn2)CC1)Nc1ccc2c(c1)OCCCO2. The average molecular weight is 440 g/mol. The number of hydrogen-bond acceptors (Lipinski definition) is 7. The first-order valence-corrected chi connectivity index (χ1v) is 10.9. The van der Waals surface area contributed by atoms with Crippen LogP contribution in [0.4, 0.5) is 11.6 Å². The lowest BCUT2D eigenvalue weighted by Crippen LogP contribution is -2.49. The number of aromatic nitrogens is 2. The van der Waals surface area contributed by atoms with E-state index in [1.165, 1.54) is 0 Å². The third kappa shape index (κ3) is 5.57. The van der Waals surface area contributed by atoms with Crippen molar-refractivity contribution in [2.75, 3.05) is 63.2 Å². The molecule has 10 nitrogen and oxygen atoms in total. The van der Waals surface area contributed by atoms with Gasteiger partial charge < -0.3 is 29.9 Å². The van der Waals surface area contributed by atoms with Gasteiger partial charge in [0.05, 0.1) is 13.2 Å². The fraction of sp³-hybridized carbons (Fsp3) is 0.455. The van der Waals surface area contributed by atoms with E-state index in [2.05, 4.69) is 30.5 Å². The van der Waals surface area contributed by atoms with Gasteiger partial charge in [-0.05, 0) is 18.2 Å². The monoisotopic (exact) mass is 439 g/mol. The minimum absolute atomic E-state index is 0.122. The first-order chi connectivity index (χ1) is 15.7. The van der Waals surface area contributed by atoms with E-state index in [1.807, 2.05) is 23.1 Å². The minimum Gasteiger partial charge on any atom is -0.490 e. The van der Waals surface area contributed by atoms with Crippen LogP contribution >= 0.6 is 0 Å². The summed E-state index contributed by atoms with van der Waals surface area (Å²) in [5.74, 6) is 2.90. The standard InChI is InChI=1S/C22H29N7O3/c1-23-21(27-17-4-5-18-19(16-17)32-15-3-14-31-18)24-9-6-20(30)28-10-12-29(13-11-28)22-25-7-2-8-26-22/h2,4-5,7-8,16H,3,6,9-15H2,1H3,(H2,23,24,27). The summed E-state index contributed by atoms with van der Waals surface area (Å²) in [5, 5.41) is 6.44. The number of piperazine rings is 1. The second-order valence-corrected chi connectivity index (χ2v) is 7.50. The molecule has 3 heterocycles. The van der Waals surface area contributed by atoms with Gasteiger partial charge in [0, 0.05) is 76.8 Å². The van der Waals surface area contributed by atoms with Crippen molar-refractivity contribution in [3.63, 3.8) is 0 Å². The molecule has 0 radical (unpaired) electrons. The van der Waals surface area contributed by atoms with Gasteiger partial charge in [0.2, 0.25) is 11.9 Å². The highest BCUT2D eigenvalue weighted by atomic mass is 16.5. The highest BCUT2D eigenvalue weighted by Gasteiger charge is 2.22. The highest BCUT2D eigenvalue weighted by molar-refractivity contribution is 5.94. The van der Waals surface area contributed by atoms with E-state index in [9.17, 15) is 4.79 Å². The Labute approximate surface area is 187 Å². The quantitative estimate of drug-likeness (QED) is 0.532. The summed E-state index contributed by atoms with van der Waals surface area (Å²) >= 11 is 0. The Hall–Kier alpha value is -3.56. The Morgan fingerprint density at radius 2 is 1.84 bits per heavy atom. The first-order valence-electron chi connectivity index (χ1n) is 10.9. The molecular formula is C22H29N7O3. The van der Waals surface area contributed by atoms with Crippen molar-refractivity contribution in [2.45, 2.75) is 12.8 Å². The van der Waals surface area contributed by atoms with Gasteiger partial charge in [-0.2, -0.15) is 0 Å². The third-order valence-electron chi connectivity index (χ3n) is 5.33. The van der Waals surface area contributed by atoms with Crippen molar-refractivity contribution in [1.82, 2.24) is 20.2 Å². The fourth-order valence-corrected chi connectivity index (χ4v) is 3.61. The molecule has 4 rings (SSSR count). The van der Waals surface area contributed by atoms with Crippen LogP contribution in [0.5, 0.6) is 11.5 Å². The number of benzene rings is 1. The molecule has 1 fully saturated rings. The smallest absolute Gasteiger partial charge is 0.225 e. The summed E-state index contributed by atoms with van der Waals surface area (Å²) < 4.78 is 11.4. The van der Waals surface area contributed by atoms with Crippen molar-refractivity contribution in [3.8, 4) is 11.5 Å². The molecule has 1 saturated heterocycles. The number of nitrogens with one attached hydrogen (secondary N) is 2. The maximum Gasteiger partial charge on any atom is 0.225 e. The third-order valence-corrected chi connectivity index (χ3v) is 5.33. The molecule has 2 N–H and O–H groups in total. The molecule has 0 aliphatic carbocycles. The second-order valence-electron chi connectivity index (χ2n) is 7.50. The molecular weight excluding hydrogens is 410 g/mol. The number of amides is 1. The van der Waals surface area contributed by atoms with E-state index in [1.54, 1.807) is 25.5 Å². The predicted molar refractivity (Wildman–Crippen MR) is 122 cm³/mol. The van der Waals surface area contributed by atoms with Crippen molar-refractivity contribution in [3.05, 3.63) is 36.7 Å². The van der Waals surface area contributed by atoms with E-state index in [0.29, 0.717) is 51.2 Å². The van der Waals surface area contributed by atoms with Crippen molar-refractivity contribution in [2.24, 2.45) is 4.99 Å². The Balaban J connectivity index is 1.21. The molecule has 2 aliphatic heterocycles. The number of anilines is 2. The summed E-state index contributed by atoms with van der Waals surface area (Å²) in [5.41, 5.74) is 0.841. The minimum atomic E-state index is 0.122. The summed E-state index contributed by atoms with van der Waals surface area (Å²) in [7, 11) is 1.70. The molecule has 0 spiro atoms. The van der Waals surface area contributed by atoms with E-state index in [0.717, 1.165) is 36.7 Å². The van der Waals surface area contributed by atoms with Crippen LogP contribution in [0, 0.1) is 0 Å². The zero-order valence-corrected chi connectivity index (χ0v) is 18.3. The molecule has 32 heavy (non-hydrogen) atoms. The number of guanidine groups is 1. The van der Waals surface area contributed by atoms with Crippen molar-refractivity contribution < 1.29 is 14.3 Å². The normalized spacial score (nSPS) is 16.3. The maximum absolute atomic E-state index is 12.6. The Bertz CT molecular complexity index is 930. The first kappa shape index (κ1) is 21.7. The Kier molecular flexibility index (Phi) is 7.21. The second kappa shape index (κ2) is 10.7. The highest BCUT2D eigenvalue weighted by Crippen LogP contribution is 2.32. The largest absolute Gasteiger partial charge is 0.490 e. The van der Waals surface area contributed by atoms with Crippen LogP contribution < -0.4 is 25.0 Å². The summed E-state index contributed by atoms with van der Waals surface area (Å²) in [4.78, 5) is 29.4. The van der Waals surface area contributed by atoms with Crippen LogP contribution in [0.2, 0.25) is 0 Å². The molecule has 2 aliphatic rings. The van der Waals surface area contributed by atoms with Gasteiger partial charge in [-0.3, -0.25) is 9.79 Å².